The van der Waals surface area contributed by atoms with Gasteiger partial charge in [-0.15, -0.1) is 0 Å². The molecule has 0 aromatic heterocycles. The minimum absolute atomic E-state index is 0.00231. The number of quaternary nitrogens is 1. The van der Waals surface area contributed by atoms with Gasteiger partial charge in [-0.25, -0.2) is 0 Å². The molecule has 0 aliphatic carbocycles. The molecule has 1 heterocycles. The average Bonchev–Trinajstić information content (AvgIpc) is 1.96. The summed E-state index contributed by atoms with van der Waals surface area (Å²) in [5.74, 6) is 0. The number of ether oxygens (including phenoxy) is 1. The summed E-state index contributed by atoms with van der Waals surface area (Å²) in [7, 11) is 1.53. The van der Waals surface area contributed by atoms with Gasteiger partial charge in [0.25, 0.3) is 0 Å². The highest BCUT2D eigenvalue weighted by molar-refractivity contribution is 5.08. The molecule has 1 aliphatic heterocycles. The fourth-order valence-electron chi connectivity index (χ4n) is 0.798. The molecule has 1 rings (SSSR count). The number of allylic oxidation sites excluding steroid dienone is 2. The lowest BCUT2D eigenvalue weighted by Crippen LogP contribution is -3.12. The number of nitrogens with one attached hydrogen (secondary N) is 1. The fourth-order valence-corrected chi connectivity index (χ4v) is 0.798. The molecule has 0 spiro atoms. The summed E-state index contributed by atoms with van der Waals surface area (Å²) >= 11 is 0. The second kappa shape index (κ2) is 2.54. The van der Waals surface area contributed by atoms with Crippen molar-refractivity contribution in [3.05, 3.63) is 29.6 Å². The molecule has 2 unspecified atom stereocenters. The lowest BCUT2D eigenvalue weighted by Gasteiger charge is -2.35. The Kier molecular flexibility index (Phi) is 1.89. The Balaban J connectivity index is 2.77. The first-order chi connectivity index (χ1) is 4.69. The van der Waals surface area contributed by atoms with Crippen molar-refractivity contribution in [1.82, 2.24) is 0 Å². The maximum Gasteiger partial charge on any atom is 0.222 e. The van der Waals surface area contributed by atoms with E-state index in [1.165, 1.54) is 13.3 Å². The largest absolute Gasteiger partial charge is 0.627 e. The second-order valence-corrected chi connectivity index (χ2v) is 2.39. The molecule has 0 radical (unpaired) electrons. The van der Waals surface area contributed by atoms with Crippen molar-refractivity contribution in [1.29, 1.82) is 0 Å². The molecule has 0 amide bonds. The Hall–Kier alpha value is -0.640. The minimum atomic E-state index is -0.727. The molecule has 3 nitrogen and oxygen atoms in total. The van der Waals surface area contributed by atoms with Crippen LogP contribution in [0.3, 0.4) is 0 Å². The number of hydrogen-bond acceptors (Lipinski definition) is 2. The van der Waals surface area contributed by atoms with Gasteiger partial charge in [0, 0.05) is 20.1 Å². The predicted molar refractivity (Wildman–Crippen MR) is 38.0 cm³/mol. The molecule has 0 fully saturated rings. The number of rotatable bonds is 1. The summed E-state index contributed by atoms with van der Waals surface area (Å²) < 4.78 is 5.00. The van der Waals surface area contributed by atoms with Gasteiger partial charge in [-0.3, -0.25) is 0 Å². The lowest BCUT2D eigenvalue weighted by molar-refractivity contribution is -0.874. The van der Waals surface area contributed by atoms with E-state index in [-0.39, 0.29) is 5.06 Å². The summed E-state index contributed by atoms with van der Waals surface area (Å²) in [4.78, 5) is 0. The first-order valence-corrected chi connectivity index (χ1v) is 3.14. The molecular weight excluding hydrogens is 130 g/mol. The van der Waals surface area contributed by atoms with Crippen LogP contribution in [0.4, 0.5) is 0 Å². The summed E-state index contributed by atoms with van der Waals surface area (Å²) in [6, 6.07) is 0. The van der Waals surface area contributed by atoms with E-state index in [0.717, 1.165) is 0 Å². The van der Waals surface area contributed by atoms with E-state index in [0.29, 0.717) is 0 Å². The highest BCUT2D eigenvalue weighted by Gasteiger charge is 2.27. The van der Waals surface area contributed by atoms with Crippen molar-refractivity contribution in [3.8, 4) is 0 Å². The molecule has 0 aromatic carbocycles. The van der Waals surface area contributed by atoms with Gasteiger partial charge in [0.05, 0.1) is 6.20 Å². The molecular formula is C7H11NO2. The molecule has 0 aromatic rings. The standard InChI is InChI=1S/C7H11NO2/c1-7(10-2)5-3-4-6-8(7)9/h3-6,8H,1-2H3. The SMILES string of the molecule is COC1(C)C=CC=C[NH+]1[O-]. The molecule has 0 saturated heterocycles. The Bertz CT molecular complexity index is 176. The van der Waals surface area contributed by atoms with Crippen LogP contribution in [0.1, 0.15) is 6.92 Å². The number of hydroxylamine groups is 2. The van der Waals surface area contributed by atoms with Gasteiger partial charge >= 0.3 is 0 Å². The molecule has 2 atom stereocenters. The van der Waals surface area contributed by atoms with Gasteiger partial charge in [-0.05, 0) is 6.08 Å². The van der Waals surface area contributed by atoms with Crippen molar-refractivity contribution in [2.75, 3.05) is 7.11 Å². The predicted octanol–water partition coefficient (Wildman–Crippen LogP) is -0.185. The van der Waals surface area contributed by atoms with Gasteiger partial charge in [-0.2, -0.15) is 0 Å². The van der Waals surface area contributed by atoms with Crippen molar-refractivity contribution in [2.45, 2.75) is 12.6 Å². The van der Waals surface area contributed by atoms with Crippen LogP contribution < -0.4 is 5.06 Å². The Labute approximate surface area is 60.2 Å². The van der Waals surface area contributed by atoms with Crippen molar-refractivity contribution < 1.29 is 9.80 Å². The fraction of sp³-hybridized carbons (Fsp3) is 0.429. The van der Waals surface area contributed by atoms with Crippen LogP contribution in [0.5, 0.6) is 0 Å². The van der Waals surface area contributed by atoms with Crippen LogP contribution in [0.15, 0.2) is 24.4 Å². The third-order valence-corrected chi connectivity index (χ3v) is 1.69. The van der Waals surface area contributed by atoms with Crippen molar-refractivity contribution in [3.63, 3.8) is 0 Å². The van der Waals surface area contributed by atoms with E-state index in [1.807, 2.05) is 6.08 Å². The normalized spacial score (nSPS) is 38.5. The van der Waals surface area contributed by atoms with Crippen LogP contribution >= 0.6 is 0 Å². The minimum Gasteiger partial charge on any atom is -0.627 e. The molecule has 0 bridgehead atoms. The summed E-state index contributed by atoms with van der Waals surface area (Å²) in [5, 5.41) is 11.1. The zero-order chi connectivity index (χ0) is 7.61. The Morgan fingerprint density at radius 2 is 2.20 bits per heavy atom. The van der Waals surface area contributed by atoms with Gasteiger partial charge in [0.2, 0.25) is 5.72 Å². The molecule has 1 aliphatic rings. The van der Waals surface area contributed by atoms with Crippen LogP contribution in [-0.4, -0.2) is 12.8 Å². The van der Waals surface area contributed by atoms with Crippen molar-refractivity contribution in [2.24, 2.45) is 0 Å². The smallest absolute Gasteiger partial charge is 0.222 e. The monoisotopic (exact) mass is 141 g/mol. The molecule has 1 N–H and O–H groups in total. The van der Waals surface area contributed by atoms with Crippen LogP contribution in [-0.2, 0) is 4.74 Å². The summed E-state index contributed by atoms with van der Waals surface area (Å²) in [6.45, 7) is 1.75. The average molecular weight is 141 g/mol. The summed E-state index contributed by atoms with van der Waals surface area (Å²) in [6.07, 6.45) is 6.78. The first kappa shape index (κ1) is 7.47. The van der Waals surface area contributed by atoms with Crippen molar-refractivity contribution >= 4 is 0 Å². The zero-order valence-corrected chi connectivity index (χ0v) is 6.13. The van der Waals surface area contributed by atoms with Crippen LogP contribution in [0.2, 0.25) is 0 Å². The number of methoxy groups -OCH3 is 1. The van der Waals surface area contributed by atoms with Gasteiger partial charge < -0.3 is 15.0 Å². The Morgan fingerprint density at radius 1 is 1.50 bits per heavy atom. The van der Waals surface area contributed by atoms with E-state index >= 15 is 0 Å². The van der Waals surface area contributed by atoms with E-state index in [1.54, 1.807) is 19.1 Å². The highest BCUT2D eigenvalue weighted by Crippen LogP contribution is 2.04. The summed E-state index contributed by atoms with van der Waals surface area (Å²) in [5.41, 5.74) is -0.727. The second-order valence-electron chi connectivity index (χ2n) is 2.39. The third kappa shape index (κ3) is 1.11. The van der Waals surface area contributed by atoms with Gasteiger partial charge in [0.1, 0.15) is 0 Å². The third-order valence-electron chi connectivity index (χ3n) is 1.69. The quantitative estimate of drug-likeness (QED) is 0.514. The molecule has 56 valence electrons. The molecule has 10 heavy (non-hydrogen) atoms. The van der Waals surface area contributed by atoms with E-state index in [2.05, 4.69) is 0 Å². The maximum atomic E-state index is 11.1. The molecule has 0 saturated carbocycles. The van der Waals surface area contributed by atoms with Crippen LogP contribution in [0.25, 0.3) is 0 Å². The first-order valence-electron chi connectivity index (χ1n) is 3.14. The topological polar surface area (TPSA) is 36.7 Å². The van der Waals surface area contributed by atoms with E-state index < -0.39 is 5.72 Å². The lowest BCUT2D eigenvalue weighted by atomic mass is 10.2. The van der Waals surface area contributed by atoms with E-state index in [4.69, 9.17) is 4.74 Å². The molecule has 3 heteroatoms. The highest BCUT2D eigenvalue weighted by atomic mass is 16.6. The maximum absolute atomic E-state index is 11.1. The van der Waals surface area contributed by atoms with Gasteiger partial charge in [-0.1, -0.05) is 6.08 Å². The van der Waals surface area contributed by atoms with Crippen LogP contribution in [0, 0.1) is 5.21 Å². The zero-order valence-electron chi connectivity index (χ0n) is 6.13. The number of hydrogen-bond donors (Lipinski definition) is 1. The van der Waals surface area contributed by atoms with Gasteiger partial charge in [0.15, 0.2) is 0 Å². The Morgan fingerprint density at radius 3 is 2.60 bits per heavy atom. The van der Waals surface area contributed by atoms with E-state index in [9.17, 15) is 5.21 Å².